The monoisotopic (exact) mass is 245 g/mol. The van der Waals surface area contributed by atoms with Crippen molar-refractivity contribution in [1.82, 2.24) is 5.32 Å². The second-order valence-electron chi connectivity index (χ2n) is 5.35. The molecule has 0 bridgehead atoms. The molecule has 2 heteroatoms. The SMILES string of the molecule is CNC(CCCC(C)C)c1cc2ccccc2o1. The zero-order valence-electron chi connectivity index (χ0n) is 11.6. The Hall–Kier alpha value is -1.28. The first-order valence-corrected chi connectivity index (χ1v) is 6.86. The van der Waals surface area contributed by atoms with Gasteiger partial charge >= 0.3 is 0 Å². The van der Waals surface area contributed by atoms with E-state index in [9.17, 15) is 0 Å². The molecule has 2 nitrogen and oxygen atoms in total. The molecule has 1 aromatic carbocycles. The fourth-order valence-corrected chi connectivity index (χ4v) is 2.33. The average molecular weight is 245 g/mol. The van der Waals surface area contributed by atoms with Gasteiger partial charge in [0.05, 0.1) is 6.04 Å². The molecule has 0 radical (unpaired) electrons. The van der Waals surface area contributed by atoms with Gasteiger partial charge in [0.15, 0.2) is 0 Å². The van der Waals surface area contributed by atoms with Crippen LogP contribution in [0, 0.1) is 5.92 Å². The molecule has 1 aromatic heterocycles. The molecule has 18 heavy (non-hydrogen) atoms. The summed E-state index contributed by atoms with van der Waals surface area (Å²) in [7, 11) is 2.01. The third-order valence-corrected chi connectivity index (χ3v) is 3.41. The third kappa shape index (κ3) is 3.14. The molecule has 0 saturated carbocycles. The number of hydrogen-bond donors (Lipinski definition) is 1. The number of para-hydroxylation sites is 1. The zero-order valence-corrected chi connectivity index (χ0v) is 11.6. The average Bonchev–Trinajstić information content (AvgIpc) is 2.77. The maximum absolute atomic E-state index is 5.92. The highest BCUT2D eigenvalue weighted by Crippen LogP contribution is 2.27. The molecular weight excluding hydrogens is 222 g/mol. The Kier molecular flexibility index (Phi) is 4.43. The fourth-order valence-electron chi connectivity index (χ4n) is 2.33. The van der Waals surface area contributed by atoms with Crippen LogP contribution in [0.15, 0.2) is 34.7 Å². The number of fused-ring (bicyclic) bond motifs is 1. The highest BCUT2D eigenvalue weighted by molar-refractivity contribution is 5.77. The largest absolute Gasteiger partial charge is 0.459 e. The number of furan rings is 1. The summed E-state index contributed by atoms with van der Waals surface area (Å²) in [5.74, 6) is 1.83. The minimum atomic E-state index is 0.330. The summed E-state index contributed by atoms with van der Waals surface area (Å²) in [6.07, 6.45) is 3.65. The Morgan fingerprint density at radius 1 is 1.17 bits per heavy atom. The van der Waals surface area contributed by atoms with Gasteiger partial charge in [0.1, 0.15) is 11.3 Å². The van der Waals surface area contributed by atoms with E-state index in [0.29, 0.717) is 6.04 Å². The molecule has 1 N–H and O–H groups in total. The van der Waals surface area contributed by atoms with E-state index in [1.807, 2.05) is 19.2 Å². The Bertz CT molecular complexity index is 454. The van der Waals surface area contributed by atoms with Crippen LogP contribution < -0.4 is 5.32 Å². The van der Waals surface area contributed by atoms with E-state index in [0.717, 1.165) is 23.7 Å². The summed E-state index contributed by atoms with van der Waals surface area (Å²) in [5, 5.41) is 4.55. The van der Waals surface area contributed by atoms with Crippen molar-refractivity contribution in [2.45, 2.75) is 39.2 Å². The van der Waals surface area contributed by atoms with Crippen LogP contribution in [0.5, 0.6) is 0 Å². The molecule has 0 aliphatic carbocycles. The first kappa shape index (κ1) is 13.2. The summed E-state index contributed by atoms with van der Waals surface area (Å²) in [4.78, 5) is 0. The van der Waals surface area contributed by atoms with Crippen LogP contribution in [0.1, 0.15) is 44.9 Å². The minimum absolute atomic E-state index is 0.330. The van der Waals surface area contributed by atoms with Gasteiger partial charge in [-0.15, -0.1) is 0 Å². The molecule has 1 atom stereocenters. The van der Waals surface area contributed by atoms with E-state index in [-0.39, 0.29) is 0 Å². The van der Waals surface area contributed by atoms with E-state index in [1.54, 1.807) is 0 Å². The van der Waals surface area contributed by atoms with Crippen molar-refractivity contribution < 1.29 is 4.42 Å². The summed E-state index contributed by atoms with van der Waals surface area (Å²) >= 11 is 0. The molecular formula is C16H23NO. The molecule has 0 fully saturated rings. The van der Waals surface area contributed by atoms with Crippen LogP contribution >= 0.6 is 0 Å². The van der Waals surface area contributed by atoms with Crippen LogP contribution in [-0.4, -0.2) is 7.05 Å². The fraction of sp³-hybridized carbons (Fsp3) is 0.500. The second-order valence-corrected chi connectivity index (χ2v) is 5.35. The smallest absolute Gasteiger partial charge is 0.134 e. The van der Waals surface area contributed by atoms with E-state index < -0.39 is 0 Å². The van der Waals surface area contributed by atoms with E-state index in [1.165, 1.54) is 18.2 Å². The van der Waals surface area contributed by atoms with Crippen molar-refractivity contribution in [1.29, 1.82) is 0 Å². The van der Waals surface area contributed by atoms with Crippen molar-refractivity contribution in [2.24, 2.45) is 5.92 Å². The Morgan fingerprint density at radius 3 is 2.61 bits per heavy atom. The van der Waals surface area contributed by atoms with Crippen molar-refractivity contribution in [3.8, 4) is 0 Å². The molecule has 0 aliphatic heterocycles. The van der Waals surface area contributed by atoms with Gasteiger partial charge in [-0.05, 0) is 31.5 Å². The van der Waals surface area contributed by atoms with Crippen LogP contribution in [0.3, 0.4) is 0 Å². The van der Waals surface area contributed by atoms with E-state index in [4.69, 9.17) is 4.42 Å². The first-order chi connectivity index (χ1) is 8.70. The minimum Gasteiger partial charge on any atom is -0.459 e. The third-order valence-electron chi connectivity index (χ3n) is 3.41. The number of rotatable bonds is 6. The normalized spacial score (nSPS) is 13.3. The van der Waals surface area contributed by atoms with Crippen molar-refractivity contribution in [3.63, 3.8) is 0 Å². The van der Waals surface area contributed by atoms with Gasteiger partial charge in [-0.25, -0.2) is 0 Å². The van der Waals surface area contributed by atoms with Gasteiger partial charge in [0.2, 0.25) is 0 Å². The summed E-state index contributed by atoms with van der Waals surface area (Å²) in [5.41, 5.74) is 0.983. The number of hydrogen-bond acceptors (Lipinski definition) is 2. The van der Waals surface area contributed by atoms with Crippen LogP contribution in [0.25, 0.3) is 11.0 Å². The molecule has 1 unspecified atom stereocenters. The summed E-state index contributed by atoms with van der Waals surface area (Å²) in [6, 6.07) is 10.7. The molecule has 0 amide bonds. The number of nitrogens with one attached hydrogen (secondary N) is 1. The number of benzene rings is 1. The van der Waals surface area contributed by atoms with Crippen molar-refractivity contribution in [3.05, 3.63) is 36.1 Å². The van der Waals surface area contributed by atoms with Crippen LogP contribution in [0.2, 0.25) is 0 Å². The lowest BCUT2D eigenvalue weighted by Crippen LogP contribution is -2.15. The van der Waals surface area contributed by atoms with Gasteiger partial charge in [0, 0.05) is 5.39 Å². The summed E-state index contributed by atoms with van der Waals surface area (Å²) < 4.78 is 5.92. The van der Waals surface area contributed by atoms with Gasteiger partial charge in [-0.2, -0.15) is 0 Å². The molecule has 98 valence electrons. The lowest BCUT2D eigenvalue weighted by Gasteiger charge is -2.14. The van der Waals surface area contributed by atoms with Crippen molar-refractivity contribution >= 4 is 11.0 Å². The molecule has 0 aliphatic rings. The van der Waals surface area contributed by atoms with Gasteiger partial charge in [-0.3, -0.25) is 0 Å². The molecule has 0 saturated heterocycles. The van der Waals surface area contributed by atoms with E-state index in [2.05, 4.69) is 37.4 Å². The Morgan fingerprint density at radius 2 is 1.94 bits per heavy atom. The molecule has 0 spiro atoms. The lowest BCUT2D eigenvalue weighted by atomic mass is 10.0. The van der Waals surface area contributed by atoms with Gasteiger partial charge in [0.25, 0.3) is 0 Å². The van der Waals surface area contributed by atoms with Gasteiger partial charge in [-0.1, -0.05) is 44.9 Å². The highest BCUT2D eigenvalue weighted by Gasteiger charge is 2.14. The maximum Gasteiger partial charge on any atom is 0.134 e. The van der Waals surface area contributed by atoms with E-state index >= 15 is 0 Å². The maximum atomic E-state index is 5.92. The predicted molar refractivity (Wildman–Crippen MR) is 76.7 cm³/mol. The first-order valence-electron chi connectivity index (χ1n) is 6.86. The quantitative estimate of drug-likeness (QED) is 0.809. The Balaban J connectivity index is 2.07. The highest BCUT2D eigenvalue weighted by atomic mass is 16.3. The van der Waals surface area contributed by atoms with Gasteiger partial charge < -0.3 is 9.73 Å². The zero-order chi connectivity index (χ0) is 13.0. The van der Waals surface area contributed by atoms with Crippen LogP contribution in [-0.2, 0) is 0 Å². The lowest BCUT2D eigenvalue weighted by molar-refractivity contribution is 0.407. The molecule has 2 rings (SSSR count). The second kappa shape index (κ2) is 6.05. The predicted octanol–water partition coefficient (Wildman–Crippen LogP) is 4.52. The molecule has 1 heterocycles. The topological polar surface area (TPSA) is 25.2 Å². The van der Waals surface area contributed by atoms with Crippen LogP contribution in [0.4, 0.5) is 0 Å². The standard InChI is InChI=1S/C16H23NO/c1-12(2)7-6-9-14(17-3)16-11-13-8-4-5-10-15(13)18-16/h4-5,8,10-12,14,17H,6-7,9H2,1-3H3. The summed E-state index contributed by atoms with van der Waals surface area (Å²) in [6.45, 7) is 4.55. The van der Waals surface area contributed by atoms with Crippen molar-refractivity contribution in [2.75, 3.05) is 7.05 Å². The molecule has 2 aromatic rings. The Labute approximate surface area is 109 Å².